The predicted octanol–water partition coefficient (Wildman–Crippen LogP) is 5.83. The van der Waals surface area contributed by atoms with Gasteiger partial charge in [-0.25, -0.2) is 0 Å². The van der Waals surface area contributed by atoms with Crippen LogP contribution in [0.15, 0.2) is 0 Å². The van der Waals surface area contributed by atoms with Crippen LogP contribution in [0.1, 0.15) is 105 Å². The fourth-order valence-corrected chi connectivity index (χ4v) is 3.80. The highest BCUT2D eigenvalue weighted by molar-refractivity contribution is 5.25. The molecule has 19 heavy (non-hydrogen) atoms. The van der Waals surface area contributed by atoms with E-state index in [0.29, 0.717) is 11.1 Å². The lowest BCUT2D eigenvalue weighted by molar-refractivity contribution is 0.375. The molecule has 1 nitrogen and oxygen atoms in total. The third-order valence-electron chi connectivity index (χ3n) is 5.16. The maximum atomic E-state index is 4.04. The van der Waals surface area contributed by atoms with Crippen molar-refractivity contribution in [1.29, 1.82) is 0 Å². The lowest BCUT2D eigenvalue weighted by Crippen LogP contribution is -2.26. The lowest BCUT2D eigenvalue weighted by Gasteiger charge is -2.23. The molecule has 0 amide bonds. The highest BCUT2D eigenvalue weighted by atomic mass is 15.3. The van der Waals surface area contributed by atoms with Gasteiger partial charge < -0.3 is 5.32 Å². The van der Waals surface area contributed by atoms with Gasteiger partial charge in [-0.05, 0) is 25.7 Å². The van der Waals surface area contributed by atoms with Crippen LogP contribution in [0.4, 0.5) is 0 Å². The van der Waals surface area contributed by atoms with Gasteiger partial charge in [0.15, 0.2) is 0 Å². The molecule has 114 valence electrons. The molecule has 0 bridgehead atoms. The Morgan fingerprint density at radius 3 is 1.00 bits per heavy atom. The van der Waals surface area contributed by atoms with Gasteiger partial charge in [0.05, 0.1) is 0 Å². The summed E-state index contributed by atoms with van der Waals surface area (Å²) in [7, 11) is 0. The van der Waals surface area contributed by atoms with Crippen LogP contribution in [0, 0.1) is 0 Å². The van der Waals surface area contributed by atoms with Gasteiger partial charge in [0, 0.05) is 11.1 Å². The second kappa shape index (κ2) is 8.29. The molecule has 0 unspecified atom stereocenters. The van der Waals surface area contributed by atoms with E-state index in [4.69, 9.17) is 0 Å². The van der Waals surface area contributed by atoms with E-state index in [1.54, 1.807) is 0 Å². The van der Waals surface area contributed by atoms with E-state index in [1.165, 1.54) is 77.0 Å². The molecule has 1 aliphatic rings. The fraction of sp³-hybridized carbons (Fsp3) is 1.00. The van der Waals surface area contributed by atoms with E-state index in [1.807, 2.05) is 0 Å². The summed E-state index contributed by atoms with van der Waals surface area (Å²) in [6.45, 7) is 9.32. The van der Waals surface area contributed by atoms with Crippen molar-refractivity contribution < 1.29 is 0 Å². The van der Waals surface area contributed by atoms with Crippen molar-refractivity contribution in [2.24, 2.45) is 0 Å². The Kier molecular flexibility index (Phi) is 7.42. The Balaban J connectivity index is 2.66. The summed E-state index contributed by atoms with van der Waals surface area (Å²) in [4.78, 5) is 0. The first-order valence-corrected chi connectivity index (χ1v) is 8.99. The number of rotatable bonds is 12. The van der Waals surface area contributed by atoms with Gasteiger partial charge in [0.1, 0.15) is 0 Å². The Morgan fingerprint density at radius 1 is 0.526 bits per heavy atom. The van der Waals surface area contributed by atoms with Crippen LogP contribution in [0.5, 0.6) is 0 Å². The SMILES string of the molecule is CCCCC1(CCCC)NC1(CCCC)CCCC. The number of hydrogen-bond acceptors (Lipinski definition) is 1. The highest BCUT2D eigenvalue weighted by Gasteiger charge is 2.63. The van der Waals surface area contributed by atoms with Gasteiger partial charge in [-0.1, -0.05) is 79.1 Å². The van der Waals surface area contributed by atoms with Gasteiger partial charge in [0.25, 0.3) is 0 Å². The molecule has 1 rings (SSSR count). The third-order valence-corrected chi connectivity index (χ3v) is 5.16. The number of hydrogen-bond donors (Lipinski definition) is 1. The Morgan fingerprint density at radius 2 is 0.789 bits per heavy atom. The topological polar surface area (TPSA) is 21.9 Å². The molecule has 1 heteroatoms. The molecule has 1 aliphatic heterocycles. The summed E-state index contributed by atoms with van der Waals surface area (Å²) in [5.74, 6) is 0. The van der Waals surface area contributed by atoms with Crippen LogP contribution < -0.4 is 5.32 Å². The molecule has 0 aromatic carbocycles. The highest BCUT2D eigenvalue weighted by Crippen LogP contribution is 2.52. The van der Waals surface area contributed by atoms with Crippen LogP contribution in [-0.4, -0.2) is 11.1 Å². The van der Waals surface area contributed by atoms with E-state index < -0.39 is 0 Å². The van der Waals surface area contributed by atoms with E-state index in [2.05, 4.69) is 33.0 Å². The molecule has 0 aromatic heterocycles. The van der Waals surface area contributed by atoms with Crippen LogP contribution in [-0.2, 0) is 0 Å². The average molecular weight is 268 g/mol. The molecular weight excluding hydrogens is 230 g/mol. The van der Waals surface area contributed by atoms with Gasteiger partial charge in [-0.3, -0.25) is 0 Å². The van der Waals surface area contributed by atoms with Gasteiger partial charge in [0.2, 0.25) is 0 Å². The maximum Gasteiger partial charge on any atom is 0.0369 e. The quantitative estimate of drug-likeness (QED) is 0.442. The second-order valence-electron chi connectivity index (χ2n) is 6.70. The fourth-order valence-electron chi connectivity index (χ4n) is 3.80. The molecular formula is C18H37N. The van der Waals surface area contributed by atoms with Crippen molar-refractivity contribution >= 4 is 0 Å². The molecule has 1 heterocycles. The smallest absolute Gasteiger partial charge is 0.0369 e. The summed E-state index contributed by atoms with van der Waals surface area (Å²) in [5, 5.41) is 4.04. The Labute approximate surface area is 121 Å². The van der Waals surface area contributed by atoms with Crippen molar-refractivity contribution in [3.05, 3.63) is 0 Å². The molecule has 0 saturated carbocycles. The van der Waals surface area contributed by atoms with Crippen molar-refractivity contribution in [3.8, 4) is 0 Å². The first kappa shape index (κ1) is 17.0. The first-order chi connectivity index (χ1) is 9.20. The first-order valence-electron chi connectivity index (χ1n) is 8.99. The largest absolute Gasteiger partial charge is 0.302 e. The van der Waals surface area contributed by atoms with Gasteiger partial charge >= 0.3 is 0 Å². The number of nitrogens with one attached hydrogen (secondary N) is 1. The number of unbranched alkanes of at least 4 members (excludes halogenated alkanes) is 4. The van der Waals surface area contributed by atoms with E-state index in [-0.39, 0.29) is 0 Å². The van der Waals surface area contributed by atoms with Crippen LogP contribution in [0.2, 0.25) is 0 Å². The predicted molar refractivity (Wildman–Crippen MR) is 86.7 cm³/mol. The molecule has 0 radical (unpaired) electrons. The molecule has 0 aliphatic carbocycles. The molecule has 0 aromatic rings. The van der Waals surface area contributed by atoms with E-state index in [0.717, 1.165) is 0 Å². The molecule has 1 fully saturated rings. The molecule has 1 saturated heterocycles. The third kappa shape index (κ3) is 4.21. The lowest BCUT2D eigenvalue weighted by atomic mass is 9.78. The average Bonchev–Trinajstić information content (AvgIpc) is 3.07. The summed E-state index contributed by atoms with van der Waals surface area (Å²) >= 11 is 0. The Hall–Kier alpha value is -0.0400. The van der Waals surface area contributed by atoms with E-state index in [9.17, 15) is 0 Å². The van der Waals surface area contributed by atoms with Crippen LogP contribution in [0.3, 0.4) is 0 Å². The van der Waals surface area contributed by atoms with Gasteiger partial charge in [-0.15, -0.1) is 0 Å². The summed E-state index contributed by atoms with van der Waals surface area (Å²) in [6.07, 6.45) is 16.6. The van der Waals surface area contributed by atoms with Crippen molar-refractivity contribution in [2.75, 3.05) is 0 Å². The van der Waals surface area contributed by atoms with Crippen molar-refractivity contribution in [2.45, 2.75) is 116 Å². The monoisotopic (exact) mass is 267 g/mol. The zero-order chi connectivity index (χ0) is 14.2. The van der Waals surface area contributed by atoms with Crippen molar-refractivity contribution in [1.82, 2.24) is 5.32 Å². The second-order valence-corrected chi connectivity index (χ2v) is 6.70. The normalized spacial score (nSPS) is 19.6. The minimum Gasteiger partial charge on any atom is -0.302 e. The van der Waals surface area contributed by atoms with Crippen molar-refractivity contribution in [3.63, 3.8) is 0 Å². The summed E-state index contributed by atoms with van der Waals surface area (Å²) in [6, 6.07) is 0. The zero-order valence-corrected chi connectivity index (χ0v) is 14.0. The molecule has 0 atom stereocenters. The summed E-state index contributed by atoms with van der Waals surface area (Å²) < 4.78 is 0. The molecule has 1 N–H and O–H groups in total. The zero-order valence-electron chi connectivity index (χ0n) is 14.0. The minimum absolute atomic E-state index is 0.517. The summed E-state index contributed by atoms with van der Waals surface area (Å²) in [5.41, 5.74) is 1.03. The van der Waals surface area contributed by atoms with Crippen LogP contribution >= 0.6 is 0 Å². The maximum absolute atomic E-state index is 4.04. The van der Waals surface area contributed by atoms with E-state index >= 15 is 0 Å². The molecule has 0 spiro atoms. The van der Waals surface area contributed by atoms with Crippen LogP contribution in [0.25, 0.3) is 0 Å². The Bertz CT molecular complexity index is 194. The minimum atomic E-state index is 0.517. The van der Waals surface area contributed by atoms with Gasteiger partial charge in [-0.2, -0.15) is 0 Å². The standard InChI is InChI=1S/C18H37N/c1-5-9-13-17(14-10-6-2)18(19-17,15-11-7-3)16-12-8-4/h19H,5-16H2,1-4H3.